The first-order valence-corrected chi connectivity index (χ1v) is 20.4. The van der Waals surface area contributed by atoms with Gasteiger partial charge >= 0.3 is 11.9 Å². The van der Waals surface area contributed by atoms with E-state index in [0.29, 0.717) is 19.4 Å². The first-order valence-electron chi connectivity index (χ1n) is 20.4. The Labute approximate surface area is 307 Å². The summed E-state index contributed by atoms with van der Waals surface area (Å²) in [4.78, 5) is 25.1. The van der Waals surface area contributed by atoms with Crippen LogP contribution >= 0.6 is 0 Å². The van der Waals surface area contributed by atoms with Crippen molar-refractivity contribution in [3.8, 4) is 0 Å². The highest BCUT2D eigenvalue weighted by molar-refractivity contribution is 5.70. The zero-order chi connectivity index (χ0) is 36.0. The zero-order valence-corrected chi connectivity index (χ0v) is 32.1. The molecule has 0 fully saturated rings. The van der Waals surface area contributed by atoms with Crippen LogP contribution in [0.25, 0.3) is 0 Å². The number of benzene rings is 1. The summed E-state index contributed by atoms with van der Waals surface area (Å²) in [5.41, 5.74) is 0.943. The van der Waals surface area contributed by atoms with Crippen LogP contribution in [0.3, 0.4) is 0 Å². The summed E-state index contributed by atoms with van der Waals surface area (Å²) in [5, 5.41) is 3.31. The van der Waals surface area contributed by atoms with Crippen molar-refractivity contribution >= 4 is 17.6 Å². The first kappa shape index (κ1) is 44.9. The average Bonchev–Trinajstić information content (AvgIpc) is 3.13. The van der Waals surface area contributed by atoms with Crippen LogP contribution in [0.15, 0.2) is 78.9 Å². The summed E-state index contributed by atoms with van der Waals surface area (Å²) in [6, 6.07) is 9.82. The smallest absolute Gasteiger partial charge is 0.306 e. The number of carbonyl (C=O) groups is 2. The molecule has 5 heteroatoms. The molecule has 0 amide bonds. The molecule has 1 rings (SSSR count). The fourth-order valence-electron chi connectivity index (χ4n) is 5.59. The molecule has 50 heavy (non-hydrogen) atoms. The lowest BCUT2D eigenvalue weighted by Crippen LogP contribution is -2.31. The van der Waals surface area contributed by atoms with Gasteiger partial charge in [0.15, 0.2) is 6.10 Å². The van der Waals surface area contributed by atoms with E-state index in [1.54, 1.807) is 0 Å². The first-order chi connectivity index (χ1) is 24.7. The van der Waals surface area contributed by atoms with E-state index in [2.05, 4.69) is 67.8 Å². The van der Waals surface area contributed by atoms with E-state index in [4.69, 9.17) is 9.47 Å². The summed E-state index contributed by atoms with van der Waals surface area (Å²) in [5.74, 6) is -0.439. The minimum Gasteiger partial charge on any atom is -0.462 e. The topological polar surface area (TPSA) is 64.6 Å². The molecule has 1 aromatic carbocycles. The second kappa shape index (κ2) is 35.7. The minimum absolute atomic E-state index is 0.0762. The highest BCUT2D eigenvalue weighted by Crippen LogP contribution is 2.12. The van der Waals surface area contributed by atoms with Crippen molar-refractivity contribution in [3.05, 3.63) is 78.9 Å². The number of carbonyl (C=O) groups excluding carboxylic acids is 2. The van der Waals surface area contributed by atoms with Crippen molar-refractivity contribution in [3.63, 3.8) is 0 Å². The van der Waals surface area contributed by atoms with E-state index in [-0.39, 0.29) is 18.5 Å². The molecule has 1 unspecified atom stereocenters. The molecule has 1 N–H and O–H groups in total. The maximum atomic E-state index is 12.7. The Hall–Kier alpha value is -3.08. The van der Waals surface area contributed by atoms with Gasteiger partial charge in [0.25, 0.3) is 0 Å². The zero-order valence-electron chi connectivity index (χ0n) is 32.1. The van der Waals surface area contributed by atoms with Gasteiger partial charge in [0.05, 0.1) is 6.54 Å². The Morgan fingerprint density at radius 3 is 1.50 bits per heavy atom. The molecule has 0 heterocycles. The second-order valence-corrected chi connectivity index (χ2v) is 13.5. The van der Waals surface area contributed by atoms with Gasteiger partial charge in [0.2, 0.25) is 0 Å². The van der Waals surface area contributed by atoms with Crippen LogP contribution in [-0.4, -0.2) is 31.2 Å². The number of nitrogens with one attached hydrogen (secondary N) is 1. The molecule has 0 saturated heterocycles. The normalized spacial score (nSPS) is 12.4. The van der Waals surface area contributed by atoms with Gasteiger partial charge in [-0.25, -0.2) is 0 Å². The molecule has 0 aromatic heterocycles. The molecule has 1 aromatic rings. The van der Waals surface area contributed by atoms with Gasteiger partial charge in [-0.1, -0.05) is 145 Å². The van der Waals surface area contributed by atoms with Gasteiger partial charge in [-0.15, -0.1) is 0 Å². The van der Waals surface area contributed by atoms with E-state index in [0.717, 1.165) is 69.9 Å². The molecule has 0 aliphatic rings. The van der Waals surface area contributed by atoms with E-state index in [9.17, 15) is 9.59 Å². The number of ether oxygens (including phenoxy) is 2. The van der Waals surface area contributed by atoms with Crippen LogP contribution in [-0.2, 0) is 19.1 Å². The SMILES string of the molecule is CCCCCC=CCC=CCCCCCCCC(=O)OCC(CNc1ccccc1)OC(=O)CCCCCCCC=CCC=CCCCCC. The number of rotatable bonds is 34. The summed E-state index contributed by atoms with van der Waals surface area (Å²) in [6.45, 7) is 4.96. The lowest BCUT2D eigenvalue weighted by molar-refractivity contribution is -0.158. The molecule has 1 atom stereocenters. The highest BCUT2D eigenvalue weighted by Gasteiger charge is 2.17. The van der Waals surface area contributed by atoms with Crippen LogP contribution in [0.1, 0.15) is 168 Å². The molecule has 282 valence electrons. The number of para-hydroxylation sites is 1. The molecule has 0 saturated carbocycles. The quantitative estimate of drug-likeness (QED) is 0.0443. The summed E-state index contributed by atoms with van der Waals surface area (Å²) in [6.07, 6.45) is 43.8. The van der Waals surface area contributed by atoms with Crippen LogP contribution in [0.5, 0.6) is 0 Å². The predicted octanol–water partition coefficient (Wildman–Crippen LogP) is 13.2. The molecular formula is C45H73NO4. The minimum atomic E-state index is -0.519. The van der Waals surface area contributed by atoms with Crippen molar-refractivity contribution in [2.24, 2.45) is 0 Å². The molecule has 0 aliphatic heterocycles. The van der Waals surface area contributed by atoms with Gasteiger partial charge in [0, 0.05) is 18.5 Å². The molecule has 5 nitrogen and oxygen atoms in total. The Morgan fingerprint density at radius 1 is 0.560 bits per heavy atom. The van der Waals surface area contributed by atoms with E-state index in [1.165, 1.54) is 77.0 Å². The number of hydrogen-bond donors (Lipinski definition) is 1. The number of allylic oxidation sites excluding steroid dienone is 8. The third-order valence-electron chi connectivity index (χ3n) is 8.70. The van der Waals surface area contributed by atoms with Gasteiger partial charge in [-0.2, -0.15) is 0 Å². The molecular weight excluding hydrogens is 618 g/mol. The molecule has 0 aliphatic carbocycles. The fraction of sp³-hybridized carbons (Fsp3) is 0.644. The second-order valence-electron chi connectivity index (χ2n) is 13.5. The predicted molar refractivity (Wildman–Crippen MR) is 214 cm³/mol. The molecule has 0 radical (unpaired) electrons. The summed E-state index contributed by atoms with van der Waals surface area (Å²) in [7, 11) is 0. The Kier molecular flexibility index (Phi) is 32.1. The van der Waals surface area contributed by atoms with Crippen LogP contribution in [0.4, 0.5) is 5.69 Å². The molecule has 0 bridgehead atoms. The third-order valence-corrected chi connectivity index (χ3v) is 8.70. The Morgan fingerprint density at radius 2 is 1.00 bits per heavy atom. The average molecular weight is 692 g/mol. The van der Waals surface area contributed by atoms with Crippen molar-refractivity contribution < 1.29 is 19.1 Å². The van der Waals surface area contributed by atoms with E-state index >= 15 is 0 Å². The number of hydrogen-bond acceptors (Lipinski definition) is 5. The van der Waals surface area contributed by atoms with E-state index in [1.807, 2.05) is 30.3 Å². The monoisotopic (exact) mass is 692 g/mol. The number of anilines is 1. The lowest BCUT2D eigenvalue weighted by atomic mass is 10.1. The lowest BCUT2D eigenvalue weighted by Gasteiger charge is -2.19. The fourth-order valence-corrected chi connectivity index (χ4v) is 5.59. The number of esters is 2. The van der Waals surface area contributed by atoms with E-state index < -0.39 is 6.10 Å². The molecule has 0 spiro atoms. The summed E-state index contributed by atoms with van der Waals surface area (Å²) >= 11 is 0. The third kappa shape index (κ3) is 30.9. The van der Waals surface area contributed by atoms with Crippen LogP contribution in [0.2, 0.25) is 0 Å². The highest BCUT2D eigenvalue weighted by atomic mass is 16.6. The summed E-state index contributed by atoms with van der Waals surface area (Å²) < 4.78 is 11.3. The van der Waals surface area contributed by atoms with Gasteiger partial charge in [-0.05, 0) is 89.2 Å². The van der Waals surface area contributed by atoms with Gasteiger partial charge in [0.1, 0.15) is 6.61 Å². The maximum Gasteiger partial charge on any atom is 0.306 e. The van der Waals surface area contributed by atoms with Crippen molar-refractivity contribution in [1.29, 1.82) is 0 Å². The van der Waals surface area contributed by atoms with Crippen molar-refractivity contribution in [2.45, 2.75) is 174 Å². The van der Waals surface area contributed by atoms with Crippen molar-refractivity contribution in [1.82, 2.24) is 0 Å². The standard InChI is InChI=1S/C45H73NO4/c1-3-5-7-9-11-13-15-17-19-21-23-25-27-29-34-38-44(47)49-41-43(40-46-42-36-32-31-33-37-42)50-45(48)39-35-30-28-26-24-22-20-18-16-14-12-10-8-6-4-2/h11-14,17-20,31-33,36-37,43,46H,3-10,15-16,21-30,34-35,38-41H2,1-2H3. The Bertz CT molecular complexity index is 1030. The number of unbranched alkanes of at least 4 members (excludes halogenated alkanes) is 16. The van der Waals surface area contributed by atoms with Gasteiger partial charge in [-0.3, -0.25) is 9.59 Å². The Balaban J connectivity index is 2.19. The van der Waals surface area contributed by atoms with Crippen molar-refractivity contribution in [2.75, 3.05) is 18.5 Å². The largest absolute Gasteiger partial charge is 0.462 e. The van der Waals surface area contributed by atoms with Gasteiger partial charge < -0.3 is 14.8 Å². The van der Waals surface area contributed by atoms with Crippen LogP contribution in [0, 0.1) is 0 Å². The maximum absolute atomic E-state index is 12.7. The van der Waals surface area contributed by atoms with Crippen LogP contribution < -0.4 is 5.32 Å².